The summed E-state index contributed by atoms with van der Waals surface area (Å²) in [4.78, 5) is 4.30. The second kappa shape index (κ2) is 4.98. The van der Waals surface area contributed by atoms with E-state index in [0.717, 1.165) is 31.4 Å². The molecule has 0 bridgehead atoms. The highest BCUT2D eigenvalue weighted by atomic mass is 16.5. The van der Waals surface area contributed by atoms with E-state index < -0.39 is 0 Å². The first-order valence-electron chi connectivity index (χ1n) is 5.34. The van der Waals surface area contributed by atoms with Crippen LogP contribution in [-0.2, 0) is 0 Å². The Kier molecular flexibility index (Phi) is 3.40. The molecular formula is C11H17N3O. The maximum atomic E-state index is 5.06. The van der Waals surface area contributed by atoms with Gasteiger partial charge in [-0.3, -0.25) is 0 Å². The van der Waals surface area contributed by atoms with Gasteiger partial charge in [-0.1, -0.05) is 6.07 Å². The Morgan fingerprint density at radius 3 is 3.27 bits per heavy atom. The molecule has 15 heavy (non-hydrogen) atoms. The van der Waals surface area contributed by atoms with Crippen molar-refractivity contribution in [1.82, 2.24) is 10.3 Å². The van der Waals surface area contributed by atoms with E-state index in [0.29, 0.717) is 5.88 Å². The molecule has 0 spiro atoms. The smallest absolute Gasteiger partial charge is 0.214 e. The predicted molar refractivity (Wildman–Crippen MR) is 60.3 cm³/mol. The molecule has 0 aromatic carbocycles. The average molecular weight is 207 g/mol. The molecule has 2 N–H and O–H groups in total. The van der Waals surface area contributed by atoms with Crippen LogP contribution in [0.1, 0.15) is 6.42 Å². The molecule has 1 fully saturated rings. The molecule has 4 heteroatoms. The number of nitrogens with one attached hydrogen (secondary N) is 2. The van der Waals surface area contributed by atoms with Crippen LogP contribution >= 0.6 is 0 Å². The lowest BCUT2D eigenvalue weighted by atomic mass is 10.1. The van der Waals surface area contributed by atoms with E-state index in [9.17, 15) is 0 Å². The predicted octanol–water partition coefficient (Wildman–Crippen LogP) is 1.11. The van der Waals surface area contributed by atoms with E-state index in [4.69, 9.17) is 4.74 Å². The Labute approximate surface area is 90.0 Å². The van der Waals surface area contributed by atoms with Crippen LogP contribution in [0.15, 0.2) is 18.2 Å². The summed E-state index contributed by atoms with van der Waals surface area (Å²) in [6, 6.07) is 5.76. The van der Waals surface area contributed by atoms with E-state index in [-0.39, 0.29) is 0 Å². The van der Waals surface area contributed by atoms with Gasteiger partial charge in [-0.25, -0.2) is 0 Å². The van der Waals surface area contributed by atoms with Crippen molar-refractivity contribution < 1.29 is 4.74 Å². The average Bonchev–Trinajstić information content (AvgIpc) is 2.79. The minimum atomic E-state index is 0.657. The van der Waals surface area contributed by atoms with Gasteiger partial charge in [0.25, 0.3) is 0 Å². The van der Waals surface area contributed by atoms with Crippen LogP contribution in [0.2, 0.25) is 0 Å². The van der Waals surface area contributed by atoms with Crippen molar-refractivity contribution in [1.29, 1.82) is 0 Å². The van der Waals surface area contributed by atoms with Crippen molar-refractivity contribution >= 4 is 5.82 Å². The molecule has 1 atom stereocenters. The number of hydrogen-bond donors (Lipinski definition) is 2. The van der Waals surface area contributed by atoms with E-state index in [2.05, 4.69) is 15.6 Å². The molecule has 1 aromatic heterocycles. The quantitative estimate of drug-likeness (QED) is 0.776. The summed E-state index contributed by atoms with van der Waals surface area (Å²) in [7, 11) is 1.63. The van der Waals surface area contributed by atoms with Crippen molar-refractivity contribution in [2.75, 3.05) is 32.1 Å². The van der Waals surface area contributed by atoms with Crippen LogP contribution in [0.5, 0.6) is 5.88 Å². The Bertz CT molecular complexity index is 310. The van der Waals surface area contributed by atoms with Crippen molar-refractivity contribution in [3.05, 3.63) is 18.2 Å². The summed E-state index contributed by atoms with van der Waals surface area (Å²) < 4.78 is 5.06. The maximum Gasteiger partial charge on any atom is 0.214 e. The van der Waals surface area contributed by atoms with Gasteiger partial charge < -0.3 is 15.4 Å². The number of nitrogens with zero attached hydrogens (tertiary/aromatic N) is 1. The molecule has 0 radical (unpaired) electrons. The molecule has 1 saturated heterocycles. The summed E-state index contributed by atoms with van der Waals surface area (Å²) in [6.45, 7) is 3.22. The molecule has 0 saturated carbocycles. The van der Waals surface area contributed by atoms with Crippen LogP contribution in [0, 0.1) is 5.92 Å². The zero-order chi connectivity index (χ0) is 10.5. The number of ether oxygens (including phenoxy) is 1. The molecule has 1 unspecified atom stereocenters. The number of aromatic nitrogens is 1. The number of rotatable bonds is 4. The number of anilines is 1. The second-order valence-corrected chi connectivity index (χ2v) is 3.80. The van der Waals surface area contributed by atoms with Gasteiger partial charge in [-0.15, -0.1) is 0 Å². The molecule has 2 heterocycles. The fraction of sp³-hybridized carbons (Fsp3) is 0.545. The summed E-state index contributed by atoms with van der Waals surface area (Å²) >= 11 is 0. The number of pyridine rings is 1. The molecule has 2 rings (SSSR count). The highest BCUT2D eigenvalue weighted by Gasteiger charge is 2.13. The lowest BCUT2D eigenvalue weighted by Gasteiger charge is -2.10. The topological polar surface area (TPSA) is 46.2 Å². The monoisotopic (exact) mass is 207 g/mol. The molecule has 1 aliphatic rings. The third-order valence-corrected chi connectivity index (χ3v) is 2.67. The van der Waals surface area contributed by atoms with Crippen LogP contribution in [0.4, 0.5) is 5.82 Å². The Morgan fingerprint density at radius 1 is 1.60 bits per heavy atom. The molecule has 1 aromatic rings. The standard InChI is InChI=1S/C11H17N3O/c1-15-11-4-2-3-10(14-11)13-8-9-5-6-12-7-9/h2-4,9,12H,5-8H2,1H3,(H,13,14). The first-order chi connectivity index (χ1) is 7.38. The van der Waals surface area contributed by atoms with Gasteiger partial charge >= 0.3 is 0 Å². The summed E-state index contributed by atoms with van der Waals surface area (Å²) in [6.07, 6.45) is 1.25. The zero-order valence-electron chi connectivity index (χ0n) is 8.99. The lowest BCUT2D eigenvalue weighted by Crippen LogP contribution is -2.17. The first kappa shape index (κ1) is 10.2. The highest BCUT2D eigenvalue weighted by Crippen LogP contribution is 2.13. The molecule has 4 nitrogen and oxygen atoms in total. The molecule has 0 aliphatic carbocycles. The van der Waals surface area contributed by atoms with E-state index in [1.54, 1.807) is 7.11 Å². The van der Waals surface area contributed by atoms with Gasteiger partial charge in [0.1, 0.15) is 5.82 Å². The fourth-order valence-electron chi connectivity index (χ4n) is 1.76. The minimum absolute atomic E-state index is 0.657. The largest absolute Gasteiger partial charge is 0.481 e. The zero-order valence-corrected chi connectivity index (χ0v) is 8.99. The maximum absolute atomic E-state index is 5.06. The third kappa shape index (κ3) is 2.83. The van der Waals surface area contributed by atoms with Crippen LogP contribution in [0.3, 0.4) is 0 Å². The van der Waals surface area contributed by atoms with E-state index >= 15 is 0 Å². The van der Waals surface area contributed by atoms with Gasteiger partial charge in [-0.2, -0.15) is 4.98 Å². The normalized spacial score (nSPS) is 20.2. The van der Waals surface area contributed by atoms with Crippen molar-refractivity contribution in [2.45, 2.75) is 6.42 Å². The van der Waals surface area contributed by atoms with Crippen LogP contribution in [0.25, 0.3) is 0 Å². The van der Waals surface area contributed by atoms with Gasteiger partial charge in [0, 0.05) is 12.6 Å². The summed E-state index contributed by atoms with van der Waals surface area (Å²) in [5.74, 6) is 2.27. The lowest BCUT2D eigenvalue weighted by molar-refractivity contribution is 0.398. The van der Waals surface area contributed by atoms with Gasteiger partial charge in [-0.05, 0) is 31.5 Å². The van der Waals surface area contributed by atoms with Gasteiger partial charge in [0.05, 0.1) is 7.11 Å². The highest BCUT2D eigenvalue weighted by molar-refractivity contribution is 5.37. The summed E-state index contributed by atoms with van der Waals surface area (Å²) in [5.41, 5.74) is 0. The molecular weight excluding hydrogens is 190 g/mol. The second-order valence-electron chi connectivity index (χ2n) is 3.80. The van der Waals surface area contributed by atoms with Crippen molar-refractivity contribution in [2.24, 2.45) is 5.92 Å². The minimum Gasteiger partial charge on any atom is -0.481 e. The van der Waals surface area contributed by atoms with E-state index in [1.165, 1.54) is 6.42 Å². The molecule has 82 valence electrons. The Morgan fingerprint density at radius 2 is 2.53 bits per heavy atom. The van der Waals surface area contributed by atoms with Crippen molar-refractivity contribution in [3.8, 4) is 5.88 Å². The third-order valence-electron chi connectivity index (χ3n) is 2.67. The summed E-state index contributed by atoms with van der Waals surface area (Å²) in [5, 5.41) is 6.68. The number of hydrogen-bond acceptors (Lipinski definition) is 4. The fourth-order valence-corrected chi connectivity index (χ4v) is 1.76. The molecule has 1 aliphatic heterocycles. The SMILES string of the molecule is COc1cccc(NCC2CCNC2)n1. The molecule has 0 amide bonds. The Balaban J connectivity index is 1.86. The van der Waals surface area contributed by atoms with Gasteiger partial charge in [0.15, 0.2) is 0 Å². The number of methoxy groups -OCH3 is 1. The van der Waals surface area contributed by atoms with E-state index in [1.807, 2.05) is 18.2 Å². The Hall–Kier alpha value is -1.29. The van der Waals surface area contributed by atoms with Crippen molar-refractivity contribution in [3.63, 3.8) is 0 Å². The van der Waals surface area contributed by atoms with Crippen LogP contribution < -0.4 is 15.4 Å². The van der Waals surface area contributed by atoms with Crippen LogP contribution in [-0.4, -0.2) is 31.7 Å². The van der Waals surface area contributed by atoms with Gasteiger partial charge in [0.2, 0.25) is 5.88 Å². The first-order valence-corrected chi connectivity index (χ1v) is 5.34.